The lowest BCUT2D eigenvalue weighted by atomic mass is 9.94. The molecule has 58 heavy (non-hydrogen) atoms. The lowest BCUT2D eigenvalue weighted by molar-refractivity contribution is -0.390. The van der Waals surface area contributed by atoms with Gasteiger partial charge in [-0.25, -0.2) is 0 Å². The van der Waals surface area contributed by atoms with Crippen LogP contribution in [0, 0.1) is 0 Å². The topological polar surface area (TPSA) is 416 Å². The number of rotatable bonds is 13. The van der Waals surface area contributed by atoms with Gasteiger partial charge in [-0.05, 0) is 6.92 Å². The van der Waals surface area contributed by atoms with Crippen molar-refractivity contribution in [1.82, 2.24) is 5.32 Å². The zero-order valence-electron chi connectivity index (χ0n) is 31.1. The van der Waals surface area contributed by atoms with E-state index < -0.39 is 186 Å². The van der Waals surface area contributed by atoms with Crippen molar-refractivity contribution in [2.45, 2.75) is 167 Å². The summed E-state index contributed by atoms with van der Waals surface area (Å²) in [4.78, 5) is 12.6. The molecule has 5 fully saturated rings. The van der Waals surface area contributed by atoms with Crippen LogP contribution in [0.1, 0.15) is 13.8 Å². The van der Waals surface area contributed by atoms with Gasteiger partial charge in [-0.2, -0.15) is 0 Å². The molecule has 16 N–H and O–H groups in total. The van der Waals surface area contributed by atoms with Crippen molar-refractivity contribution in [3.05, 3.63) is 0 Å². The van der Waals surface area contributed by atoms with Gasteiger partial charge in [-0.15, -0.1) is 0 Å². The normalized spacial score (nSPS) is 51.6. The predicted molar refractivity (Wildman–Crippen MR) is 177 cm³/mol. The number of carbonyl (C=O) groups is 1. The molecule has 5 aliphatic rings. The Labute approximate surface area is 329 Å². The van der Waals surface area contributed by atoms with Crippen LogP contribution in [-0.2, 0) is 47.4 Å². The van der Waals surface area contributed by atoms with E-state index in [-0.39, 0.29) is 0 Å². The first-order valence-corrected chi connectivity index (χ1v) is 18.5. The van der Waals surface area contributed by atoms with Gasteiger partial charge in [-0.3, -0.25) is 4.79 Å². The van der Waals surface area contributed by atoms with E-state index >= 15 is 0 Å². The fourth-order valence-corrected chi connectivity index (χ4v) is 7.35. The Balaban J connectivity index is 1.44. The van der Waals surface area contributed by atoms with Gasteiger partial charge in [0.2, 0.25) is 5.91 Å². The van der Waals surface area contributed by atoms with Crippen LogP contribution in [-0.4, -0.2) is 262 Å². The van der Waals surface area contributed by atoms with Crippen molar-refractivity contribution < 1.29 is 124 Å². The molecule has 5 saturated heterocycles. The fourth-order valence-electron chi connectivity index (χ4n) is 7.35. The summed E-state index contributed by atoms with van der Waals surface area (Å²) in [6.45, 7) is -1.34. The van der Waals surface area contributed by atoms with E-state index in [0.29, 0.717) is 0 Å². The van der Waals surface area contributed by atoms with Crippen molar-refractivity contribution >= 4 is 5.91 Å². The summed E-state index contributed by atoms with van der Waals surface area (Å²) in [7, 11) is 0. The third kappa shape index (κ3) is 9.75. The Morgan fingerprint density at radius 3 is 1.50 bits per heavy atom. The van der Waals surface area contributed by atoms with E-state index in [2.05, 4.69) is 5.32 Å². The first-order chi connectivity index (χ1) is 27.4. The van der Waals surface area contributed by atoms with E-state index in [0.717, 1.165) is 6.92 Å². The monoisotopic (exact) mass is 853 g/mol. The maximum Gasteiger partial charge on any atom is 0.217 e. The average Bonchev–Trinajstić information content (AvgIpc) is 3.19. The minimum absolute atomic E-state index is 0.823. The lowest BCUT2D eigenvalue weighted by Gasteiger charge is -2.50. The van der Waals surface area contributed by atoms with Crippen LogP contribution in [0.3, 0.4) is 0 Å². The zero-order chi connectivity index (χ0) is 42.9. The molecule has 0 aromatic rings. The second-order valence-electron chi connectivity index (χ2n) is 14.7. The van der Waals surface area contributed by atoms with Gasteiger partial charge >= 0.3 is 0 Å². The number of aliphatic hydroxyl groups excluding tert-OH is 15. The Morgan fingerprint density at radius 2 is 0.914 bits per heavy atom. The number of nitrogens with one attached hydrogen (secondary N) is 1. The van der Waals surface area contributed by atoms with E-state index in [1.807, 2.05) is 0 Å². The molecule has 0 saturated carbocycles. The zero-order valence-corrected chi connectivity index (χ0v) is 31.1. The molecule has 25 atom stereocenters. The predicted octanol–water partition coefficient (Wildman–Crippen LogP) is -10.8. The van der Waals surface area contributed by atoms with Crippen molar-refractivity contribution in [3.8, 4) is 0 Å². The van der Waals surface area contributed by atoms with E-state index in [1.165, 1.54) is 6.92 Å². The quantitative estimate of drug-likeness (QED) is 0.0818. The molecule has 1 unspecified atom stereocenters. The van der Waals surface area contributed by atoms with Crippen molar-refractivity contribution in [2.24, 2.45) is 0 Å². The highest BCUT2D eigenvalue weighted by Gasteiger charge is 2.57. The minimum Gasteiger partial charge on any atom is -0.394 e. The van der Waals surface area contributed by atoms with E-state index in [4.69, 9.17) is 42.6 Å². The van der Waals surface area contributed by atoms with Crippen LogP contribution in [0.15, 0.2) is 0 Å². The summed E-state index contributed by atoms with van der Waals surface area (Å²) >= 11 is 0. The van der Waals surface area contributed by atoms with Crippen LogP contribution >= 0.6 is 0 Å². The van der Waals surface area contributed by atoms with Crippen molar-refractivity contribution in [1.29, 1.82) is 0 Å². The summed E-state index contributed by atoms with van der Waals surface area (Å²) in [6, 6.07) is -1.72. The Kier molecular flexibility index (Phi) is 16.5. The molecule has 0 aromatic heterocycles. The first-order valence-electron chi connectivity index (χ1n) is 18.5. The SMILES string of the molecule is CC(=O)N[C@H]1[C@H](O[C@H]2[C@@H](O)[C@@H](CO)O[C@@H](O[C@H]3[C@H](O)[C@@H](O)C(O)O[C@@H]3CO)[C@@H]2O)O[C@H](CO)[C@@H](O)[C@@H]1O[C@@H]1O[C@H](CO)[C@@H](O)[C@H](O)[C@H]1O[C@H]1O[C@@H](C)[C@@H](O)[C@@H](O)[C@@H]1O. The second-order valence-corrected chi connectivity index (χ2v) is 14.7. The first kappa shape index (κ1) is 47.6. The number of amides is 1. The Hall–Kier alpha value is -1.49. The molecule has 5 rings (SSSR count). The van der Waals surface area contributed by atoms with Gasteiger partial charge < -0.3 is 125 Å². The Morgan fingerprint density at radius 1 is 0.448 bits per heavy atom. The van der Waals surface area contributed by atoms with Gasteiger partial charge in [0.25, 0.3) is 0 Å². The molecule has 1 amide bonds. The van der Waals surface area contributed by atoms with E-state index in [9.17, 15) is 81.4 Å². The molecule has 338 valence electrons. The number of hydrogen-bond acceptors (Lipinski definition) is 25. The van der Waals surface area contributed by atoms with Crippen LogP contribution in [0.25, 0.3) is 0 Å². The minimum atomic E-state index is -2.10. The van der Waals surface area contributed by atoms with Gasteiger partial charge in [0.1, 0.15) is 116 Å². The molecule has 0 radical (unpaired) electrons. The molecule has 5 aliphatic heterocycles. The van der Waals surface area contributed by atoms with Crippen LogP contribution < -0.4 is 5.32 Å². The molecule has 0 spiro atoms. The third-order valence-electron chi connectivity index (χ3n) is 10.7. The summed E-state index contributed by atoms with van der Waals surface area (Å²) in [6.07, 6.45) is -43.4. The molecule has 0 aliphatic carbocycles. The van der Waals surface area contributed by atoms with Crippen LogP contribution in [0.4, 0.5) is 0 Å². The summed E-state index contributed by atoms with van der Waals surface area (Å²) in [5.74, 6) is -0.823. The molecular formula is C32H55NO25. The number of carbonyl (C=O) groups excluding carboxylic acids is 1. The lowest BCUT2D eigenvalue weighted by Crippen LogP contribution is -2.70. The summed E-state index contributed by atoms with van der Waals surface area (Å²) in [5, 5.41) is 160. The maximum absolute atomic E-state index is 12.6. The number of aliphatic hydroxyl groups is 15. The fraction of sp³-hybridized carbons (Fsp3) is 0.969. The van der Waals surface area contributed by atoms with Gasteiger partial charge in [0.05, 0.1) is 32.5 Å². The van der Waals surface area contributed by atoms with Crippen LogP contribution in [0.5, 0.6) is 0 Å². The Bertz CT molecular complexity index is 1310. The summed E-state index contributed by atoms with van der Waals surface area (Å²) in [5.41, 5.74) is 0. The van der Waals surface area contributed by atoms with Crippen molar-refractivity contribution in [2.75, 3.05) is 26.4 Å². The standard InChI is InChI=1S/C32H55NO25/c1-7-14(39)18(43)22(47)30(50-7)58-27-19(44)15(40)9(3-34)54-32(27)56-25-13(33-8(2)38)29(52-10(4-35)16(25)41)57-26-17(42)11(5-36)53-31(23(26)48)55-24-12(6-37)51-28(49)21(46)20(24)45/h7,9-32,34-37,39-49H,3-6H2,1-2H3,(H,33,38)/t7-,9+,10+,11+,12+,13+,14+,15+,16+,17-,18+,19-,20+,21+,22-,23+,24+,25+,26-,27+,28?,29-,30+,31-,32-/m0/s1. The van der Waals surface area contributed by atoms with Gasteiger partial charge in [0, 0.05) is 6.92 Å². The number of hydrogen-bond donors (Lipinski definition) is 16. The maximum atomic E-state index is 12.6. The molecule has 26 nitrogen and oxygen atoms in total. The average molecular weight is 854 g/mol. The largest absolute Gasteiger partial charge is 0.394 e. The van der Waals surface area contributed by atoms with Gasteiger partial charge in [0.15, 0.2) is 31.5 Å². The number of ether oxygens (including phenoxy) is 9. The molecule has 0 bridgehead atoms. The summed E-state index contributed by atoms with van der Waals surface area (Å²) < 4.78 is 50.8. The molecule has 0 aromatic carbocycles. The van der Waals surface area contributed by atoms with Gasteiger partial charge in [-0.1, -0.05) is 0 Å². The second kappa shape index (κ2) is 20.1. The highest BCUT2D eigenvalue weighted by molar-refractivity contribution is 5.73. The van der Waals surface area contributed by atoms with E-state index in [1.54, 1.807) is 0 Å². The molecular weight excluding hydrogens is 798 g/mol. The third-order valence-corrected chi connectivity index (χ3v) is 10.7. The smallest absolute Gasteiger partial charge is 0.217 e. The van der Waals surface area contributed by atoms with Crippen molar-refractivity contribution in [3.63, 3.8) is 0 Å². The highest BCUT2D eigenvalue weighted by atomic mass is 16.8. The van der Waals surface area contributed by atoms with Crippen LogP contribution in [0.2, 0.25) is 0 Å². The molecule has 5 heterocycles. The highest BCUT2D eigenvalue weighted by Crippen LogP contribution is 2.36. The molecule has 26 heteroatoms.